The van der Waals surface area contributed by atoms with Crippen LogP contribution in [0.4, 0.5) is 5.69 Å². The van der Waals surface area contributed by atoms with Crippen LogP contribution >= 0.6 is 11.6 Å². The molecule has 1 amide bonds. The number of halogens is 1. The van der Waals surface area contributed by atoms with Crippen molar-refractivity contribution in [2.24, 2.45) is 0 Å². The fourth-order valence-corrected chi connectivity index (χ4v) is 4.19. The molecule has 0 radical (unpaired) electrons. The van der Waals surface area contributed by atoms with Crippen molar-refractivity contribution in [2.45, 2.75) is 19.4 Å². The number of carbonyl (C=O) groups excluding carboxylic acids is 1. The number of nitrogens with one attached hydrogen (secondary N) is 1. The van der Waals surface area contributed by atoms with Crippen molar-refractivity contribution in [1.29, 1.82) is 0 Å². The highest BCUT2D eigenvalue weighted by Gasteiger charge is 2.24. The number of carbonyl (C=O) groups is 2. The Morgan fingerprint density at radius 2 is 1.88 bits per heavy atom. The number of nitrogens with zero attached hydrogens (tertiary/aromatic N) is 1. The number of rotatable bonds is 9. The fourth-order valence-electron chi connectivity index (χ4n) is 3.88. The number of hydrogen-bond acceptors (Lipinski definition) is 4. The summed E-state index contributed by atoms with van der Waals surface area (Å²) in [6.07, 6.45) is 0.746. The van der Waals surface area contributed by atoms with Crippen LogP contribution in [-0.4, -0.2) is 36.6 Å². The van der Waals surface area contributed by atoms with Crippen LogP contribution < -0.4 is 15.0 Å². The van der Waals surface area contributed by atoms with Gasteiger partial charge in [0, 0.05) is 29.4 Å². The molecule has 6 nitrogen and oxygen atoms in total. The van der Waals surface area contributed by atoms with Crippen molar-refractivity contribution in [3.8, 4) is 16.9 Å². The smallest absolute Gasteiger partial charge is 0.304 e. The van der Waals surface area contributed by atoms with Gasteiger partial charge in [-0.05, 0) is 47.4 Å². The molecule has 0 saturated carbocycles. The Hall–Kier alpha value is -3.35. The van der Waals surface area contributed by atoms with E-state index in [2.05, 4.69) is 5.32 Å². The molecule has 0 atom stereocenters. The molecule has 7 heteroatoms. The second-order valence-corrected chi connectivity index (χ2v) is 8.28. The first kappa shape index (κ1) is 22.8. The largest absolute Gasteiger partial charge is 0.489 e. The summed E-state index contributed by atoms with van der Waals surface area (Å²) in [6, 6.07) is 21.7. The number of amides is 1. The summed E-state index contributed by atoms with van der Waals surface area (Å²) in [7, 11) is 0. The SMILES string of the molecule is O=C(O)CCNCC(=O)N1CCc2cc(OCc3ccc(-c4ccccc4)c(Cl)c3)ccc21. The Bertz CT molecular complexity index is 1150. The van der Waals surface area contributed by atoms with E-state index in [0.717, 1.165) is 40.1 Å². The number of carboxylic acids is 1. The average molecular weight is 465 g/mol. The zero-order valence-corrected chi connectivity index (χ0v) is 18.8. The standard InChI is InChI=1S/C26H25ClN2O4/c27-23-14-18(6-8-22(23)19-4-2-1-3-5-19)17-33-21-7-9-24-20(15-21)11-13-29(24)25(30)16-28-12-10-26(31)32/h1-9,14-15,28H,10-13,16-17H2,(H,31,32). The lowest BCUT2D eigenvalue weighted by molar-refractivity contribution is -0.137. The summed E-state index contributed by atoms with van der Waals surface area (Å²) < 4.78 is 5.99. The van der Waals surface area contributed by atoms with Gasteiger partial charge in [0.15, 0.2) is 0 Å². The second kappa shape index (κ2) is 10.5. The third-order valence-corrected chi connectivity index (χ3v) is 5.88. The van der Waals surface area contributed by atoms with E-state index in [0.29, 0.717) is 18.2 Å². The van der Waals surface area contributed by atoms with Crippen LogP contribution in [0.15, 0.2) is 66.7 Å². The third-order valence-electron chi connectivity index (χ3n) is 5.56. The highest BCUT2D eigenvalue weighted by Crippen LogP contribution is 2.32. The van der Waals surface area contributed by atoms with Crippen molar-refractivity contribution in [1.82, 2.24) is 5.32 Å². The molecule has 1 heterocycles. The van der Waals surface area contributed by atoms with Gasteiger partial charge in [-0.2, -0.15) is 0 Å². The van der Waals surface area contributed by atoms with Crippen LogP contribution in [0.1, 0.15) is 17.5 Å². The minimum Gasteiger partial charge on any atom is -0.489 e. The summed E-state index contributed by atoms with van der Waals surface area (Å²) in [5.41, 5.74) is 4.97. The molecule has 0 spiro atoms. The van der Waals surface area contributed by atoms with Gasteiger partial charge < -0.3 is 20.1 Å². The van der Waals surface area contributed by atoms with Crippen molar-refractivity contribution >= 4 is 29.2 Å². The third kappa shape index (κ3) is 5.72. The summed E-state index contributed by atoms with van der Waals surface area (Å²) >= 11 is 6.50. The van der Waals surface area contributed by atoms with Crippen LogP contribution in [0, 0.1) is 0 Å². The minimum absolute atomic E-state index is 0.00917. The maximum atomic E-state index is 12.5. The maximum absolute atomic E-state index is 12.5. The van der Waals surface area contributed by atoms with Crippen molar-refractivity contribution in [3.63, 3.8) is 0 Å². The summed E-state index contributed by atoms with van der Waals surface area (Å²) in [5.74, 6) is -0.213. The number of hydrogen-bond donors (Lipinski definition) is 2. The highest BCUT2D eigenvalue weighted by atomic mass is 35.5. The van der Waals surface area contributed by atoms with E-state index in [4.69, 9.17) is 21.4 Å². The zero-order chi connectivity index (χ0) is 23.2. The average Bonchev–Trinajstić information content (AvgIpc) is 3.24. The molecule has 0 aromatic heterocycles. The Morgan fingerprint density at radius 1 is 1.06 bits per heavy atom. The summed E-state index contributed by atoms with van der Waals surface area (Å²) in [6.45, 7) is 1.38. The molecule has 170 valence electrons. The molecular weight excluding hydrogens is 440 g/mol. The van der Waals surface area contributed by atoms with Crippen LogP contribution in [-0.2, 0) is 22.6 Å². The summed E-state index contributed by atoms with van der Waals surface area (Å²) in [4.78, 5) is 24.8. The molecule has 3 aromatic rings. The highest BCUT2D eigenvalue weighted by molar-refractivity contribution is 6.33. The first-order valence-electron chi connectivity index (χ1n) is 10.8. The van der Waals surface area contributed by atoms with Crippen LogP contribution in [0.3, 0.4) is 0 Å². The van der Waals surface area contributed by atoms with Gasteiger partial charge in [0.1, 0.15) is 12.4 Å². The van der Waals surface area contributed by atoms with E-state index >= 15 is 0 Å². The topological polar surface area (TPSA) is 78.9 Å². The molecular formula is C26H25ClN2O4. The van der Waals surface area contributed by atoms with E-state index < -0.39 is 5.97 Å². The lowest BCUT2D eigenvalue weighted by Crippen LogP contribution is -2.37. The van der Waals surface area contributed by atoms with E-state index in [-0.39, 0.29) is 25.4 Å². The second-order valence-electron chi connectivity index (χ2n) is 7.88. The minimum atomic E-state index is -0.886. The molecule has 0 fully saturated rings. The number of carboxylic acid groups (broad SMARTS) is 1. The predicted molar refractivity (Wildman–Crippen MR) is 129 cm³/mol. The van der Waals surface area contributed by atoms with Gasteiger partial charge in [-0.1, -0.05) is 54.1 Å². The van der Waals surface area contributed by atoms with Crippen molar-refractivity contribution in [2.75, 3.05) is 24.5 Å². The van der Waals surface area contributed by atoms with Crippen LogP contribution in [0.5, 0.6) is 5.75 Å². The Balaban J connectivity index is 1.35. The van der Waals surface area contributed by atoms with E-state index in [1.54, 1.807) is 4.90 Å². The fraction of sp³-hybridized carbons (Fsp3) is 0.231. The molecule has 33 heavy (non-hydrogen) atoms. The lowest BCUT2D eigenvalue weighted by atomic mass is 10.0. The quantitative estimate of drug-likeness (QED) is 0.454. The zero-order valence-electron chi connectivity index (χ0n) is 18.1. The van der Waals surface area contributed by atoms with Gasteiger partial charge in [-0.15, -0.1) is 0 Å². The maximum Gasteiger partial charge on any atom is 0.304 e. The first-order valence-corrected chi connectivity index (χ1v) is 11.2. The monoisotopic (exact) mass is 464 g/mol. The molecule has 1 aliphatic rings. The van der Waals surface area contributed by atoms with Crippen LogP contribution in [0.25, 0.3) is 11.1 Å². The van der Waals surface area contributed by atoms with Crippen molar-refractivity contribution < 1.29 is 19.4 Å². The molecule has 0 bridgehead atoms. The number of aliphatic carboxylic acids is 1. The van der Waals surface area contributed by atoms with Gasteiger partial charge in [0.2, 0.25) is 5.91 Å². The predicted octanol–water partition coefficient (Wildman–Crippen LogP) is 4.54. The number of fused-ring (bicyclic) bond motifs is 1. The normalized spacial score (nSPS) is 12.5. The lowest BCUT2D eigenvalue weighted by Gasteiger charge is -2.18. The Labute approximate surface area is 197 Å². The molecule has 4 rings (SSSR count). The molecule has 2 N–H and O–H groups in total. The van der Waals surface area contributed by atoms with Gasteiger partial charge in [-0.3, -0.25) is 9.59 Å². The van der Waals surface area contributed by atoms with E-state index in [1.807, 2.05) is 66.7 Å². The van der Waals surface area contributed by atoms with E-state index in [1.165, 1.54) is 0 Å². The molecule has 1 aliphatic heterocycles. The van der Waals surface area contributed by atoms with Gasteiger partial charge in [0.25, 0.3) is 0 Å². The first-order chi connectivity index (χ1) is 16.0. The number of anilines is 1. The van der Waals surface area contributed by atoms with E-state index in [9.17, 15) is 9.59 Å². The molecule has 0 aliphatic carbocycles. The Kier molecular flexibility index (Phi) is 7.27. The number of ether oxygens (including phenoxy) is 1. The molecule has 0 unspecified atom stereocenters. The van der Waals surface area contributed by atoms with Crippen LogP contribution in [0.2, 0.25) is 5.02 Å². The molecule has 3 aromatic carbocycles. The van der Waals surface area contributed by atoms with Crippen molar-refractivity contribution in [3.05, 3.63) is 82.9 Å². The van der Waals surface area contributed by atoms with Gasteiger partial charge >= 0.3 is 5.97 Å². The molecule has 0 saturated heterocycles. The summed E-state index contributed by atoms with van der Waals surface area (Å²) in [5, 5.41) is 12.3. The van der Waals surface area contributed by atoms with Gasteiger partial charge in [-0.25, -0.2) is 0 Å². The Morgan fingerprint density at radius 3 is 2.64 bits per heavy atom. The number of benzene rings is 3. The van der Waals surface area contributed by atoms with Gasteiger partial charge in [0.05, 0.1) is 13.0 Å².